The molecule has 0 aromatic heterocycles. The maximum absolute atomic E-state index is 12.3. The van der Waals surface area contributed by atoms with Gasteiger partial charge in [-0.3, -0.25) is 0 Å². The van der Waals surface area contributed by atoms with Crippen molar-refractivity contribution in [2.75, 3.05) is 0 Å². The number of nitrogens with zero attached hydrogens (tertiary/aromatic N) is 2. The van der Waals surface area contributed by atoms with E-state index >= 15 is 0 Å². The summed E-state index contributed by atoms with van der Waals surface area (Å²) in [4.78, 5) is 12.3. The van der Waals surface area contributed by atoms with Crippen molar-refractivity contribution in [2.45, 2.75) is 13.0 Å². The number of hydrogen-bond acceptors (Lipinski definition) is 5. The molecule has 0 unspecified atom stereocenters. The van der Waals surface area contributed by atoms with E-state index in [4.69, 9.17) is 14.7 Å². The van der Waals surface area contributed by atoms with Gasteiger partial charge in [0, 0.05) is 0 Å². The molecule has 0 aliphatic rings. The Bertz CT molecular complexity index is 1060. The second-order valence-corrected chi connectivity index (χ2v) is 5.99. The molecule has 0 saturated heterocycles. The quantitative estimate of drug-likeness (QED) is 0.582. The average molecular weight is 368 g/mol. The van der Waals surface area contributed by atoms with Crippen molar-refractivity contribution in [2.24, 2.45) is 0 Å². The first-order valence-corrected chi connectivity index (χ1v) is 8.59. The van der Waals surface area contributed by atoms with E-state index in [9.17, 15) is 10.1 Å². The van der Waals surface area contributed by atoms with Gasteiger partial charge in [-0.05, 0) is 48.9 Å². The minimum absolute atomic E-state index is 0.171. The Labute approximate surface area is 163 Å². The lowest BCUT2D eigenvalue weighted by molar-refractivity contribution is 0.0338. The molecule has 3 aromatic rings. The van der Waals surface area contributed by atoms with E-state index in [-0.39, 0.29) is 23.0 Å². The van der Waals surface area contributed by atoms with Crippen LogP contribution in [0.2, 0.25) is 0 Å². The van der Waals surface area contributed by atoms with Gasteiger partial charge in [0.15, 0.2) is 0 Å². The second kappa shape index (κ2) is 8.53. The summed E-state index contributed by atoms with van der Waals surface area (Å²) < 4.78 is 11.2. The number of benzene rings is 3. The third-order valence-corrected chi connectivity index (χ3v) is 4.13. The molecule has 0 aliphatic heterocycles. The van der Waals surface area contributed by atoms with Gasteiger partial charge in [0.05, 0.1) is 11.1 Å². The van der Waals surface area contributed by atoms with Crippen LogP contribution in [0.1, 0.15) is 40.1 Å². The van der Waals surface area contributed by atoms with Gasteiger partial charge < -0.3 is 9.47 Å². The fourth-order valence-electron chi connectivity index (χ4n) is 2.63. The van der Waals surface area contributed by atoms with Crippen molar-refractivity contribution >= 4 is 5.97 Å². The van der Waals surface area contributed by atoms with Crippen LogP contribution < -0.4 is 4.74 Å². The van der Waals surface area contributed by atoms with Gasteiger partial charge in [-0.2, -0.15) is 10.5 Å². The Morgan fingerprint density at radius 3 is 2.25 bits per heavy atom. The molecule has 3 aromatic carbocycles. The van der Waals surface area contributed by atoms with Crippen LogP contribution in [0, 0.1) is 22.7 Å². The Morgan fingerprint density at radius 2 is 1.61 bits per heavy atom. The molecule has 5 heteroatoms. The first kappa shape index (κ1) is 18.7. The van der Waals surface area contributed by atoms with Gasteiger partial charge >= 0.3 is 5.97 Å². The Balaban J connectivity index is 1.71. The number of hydrogen-bond donors (Lipinski definition) is 0. The summed E-state index contributed by atoms with van der Waals surface area (Å²) in [5, 5.41) is 18.3. The standard InChI is InChI=1S/C23H16N2O3/c1-16(17-6-3-2-4-7-17)27-23(26)18-10-12-20(13-11-18)28-22-9-5-8-19(14-24)21(22)15-25/h2-13,16H,1H3/t16-/m0/s1. The van der Waals surface area contributed by atoms with Crippen LogP contribution in [0.4, 0.5) is 0 Å². The number of esters is 1. The van der Waals surface area contributed by atoms with Crippen molar-refractivity contribution in [3.63, 3.8) is 0 Å². The van der Waals surface area contributed by atoms with Gasteiger partial charge in [-0.15, -0.1) is 0 Å². The highest BCUT2D eigenvalue weighted by atomic mass is 16.5. The van der Waals surface area contributed by atoms with E-state index in [1.54, 1.807) is 42.5 Å². The largest absolute Gasteiger partial charge is 0.456 e. The zero-order chi connectivity index (χ0) is 19.9. The summed E-state index contributed by atoms with van der Waals surface area (Å²) in [6, 6.07) is 24.7. The van der Waals surface area contributed by atoms with Crippen molar-refractivity contribution < 1.29 is 14.3 Å². The summed E-state index contributed by atoms with van der Waals surface area (Å²) in [7, 11) is 0. The molecule has 28 heavy (non-hydrogen) atoms. The summed E-state index contributed by atoms with van der Waals surface area (Å²) in [5.41, 5.74) is 1.72. The van der Waals surface area contributed by atoms with Crippen LogP contribution in [0.25, 0.3) is 0 Å². The predicted molar refractivity (Wildman–Crippen MR) is 103 cm³/mol. The van der Waals surface area contributed by atoms with Crippen LogP contribution in [0.3, 0.4) is 0 Å². The summed E-state index contributed by atoms with van der Waals surface area (Å²) in [5.74, 6) is 0.293. The molecular formula is C23H16N2O3. The molecule has 5 nitrogen and oxygen atoms in total. The van der Waals surface area contributed by atoms with Gasteiger partial charge in [-0.1, -0.05) is 36.4 Å². The monoisotopic (exact) mass is 368 g/mol. The highest BCUT2D eigenvalue weighted by molar-refractivity contribution is 5.89. The maximum atomic E-state index is 12.3. The molecule has 0 radical (unpaired) electrons. The molecule has 1 atom stereocenters. The van der Waals surface area contributed by atoms with Crippen LogP contribution in [0.5, 0.6) is 11.5 Å². The lowest BCUT2D eigenvalue weighted by Crippen LogP contribution is -2.09. The van der Waals surface area contributed by atoms with E-state index in [1.165, 1.54) is 0 Å². The highest BCUT2D eigenvalue weighted by Crippen LogP contribution is 2.27. The molecule has 0 bridgehead atoms. The van der Waals surface area contributed by atoms with Crippen molar-refractivity contribution in [1.82, 2.24) is 0 Å². The highest BCUT2D eigenvalue weighted by Gasteiger charge is 2.14. The predicted octanol–water partition coefficient (Wildman–Crippen LogP) is 5.14. The summed E-state index contributed by atoms with van der Waals surface area (Å²) >= 11 is 0. The zero-order valence-corrected chi connectivity index (χ0v) is 15.1. The number of rotatable bonds is 5. The Hall–Kier alpha value is -4.09. The fourth-order valence-corrected chi connectivity index (χ4v) is 2.63. The molecule has 0 saturated carbocycles. The van der Waals surface area contributed by atoms with Crippen molar-refractivity contribution in [3.05, 3.63) is 95.1 Å². The first-order chi connectivity index (χ1) is 13.6. The van der Waals surface area contributed by atoms with Gasteiger partial charge in [-0.25, -0.2) is 4.79 Å². The van der Waals surface area contributed by atoms with Crippen molar-refractivity contribution in [3.8, 4) is 23.6 Å². The minimum atomic E-state index is -0.438. The molecule has 0 N–H and O–H groups in total. The average Bonchev–Trinajstić information content (AvgIpc) is 2.74. The number of carbonyl (C=O) groups is 1. The minimum Gasteiger partial charge on any atom is -0.456 e. The van der Waals surface area contributed by atoms with E-state index < -0.39 is 5.97 Å². The maximum Gasteiger partial charge on any atom is 0.338 e. The SMILES string of the molecule is C[C@H](OC(=O)c1ccc(Oc2cccc(C#N)c2C#N)cc1)c1ccccc1. The molecule has 3 rings (SSSR count). The third-order valence-electron chi connectivity index (χ3n) is 4.13. The number of ether oxygens (including phenoxy) is 2. The van der Waals surface area contributed by atoms with E-state index in [1.807, 2.05) is 49.4 Å². The Kier molecular flexibility index (Phi) is 5.69. The van der Waals surface area contributed by atoms with Crippen LogP contribution in [0.15, 0.2) is 72.8 Å². The van der Waals surface area contributed by atoms with E-state index in [2.05, 4.69) is 0 Å². The topological polar surface area (TPSA) is 83.1 Å². The van der Waals surface area contributed by atoms with Crippen LogP contribution in [-0.2, 0) is 4.74 Å². The smallest absolute Gasteiger partial charge is 0.338 e. The second-order valence-electron chi connectivity index (χ2n) is 5.99. The normalized spacial score (nSPS) is 11.0. The van der Waals surface area contributed by atoms with E-state index in [0.29, 0.717) is 11.3 Å². The van der Waals surface area contributed by atoms with Gasteiger partial charge in [0.2, 0.25) is 0 Å². The number of carbonyl (C=O) groups excluding carboxylic acids is 1. The number of nitriles is 2. The van der Waals surface area contributed by atoms with Crippen LogP contribution >= 0.6 is 0 Å². The lowest BCUT2D eigenvalue weighted by atomic mass is 10.1. The molecular weight excluding hydrogens is 352 g/mol. The molecule has 0 spiro atoms. The summed E-state index contributed by atoms with van der Waals surface area (Å²) in [6.07, 6.45) is -0.364. The molecule has 0 aliphatic carbocycles. The Morgan fingerprint density at radius 1 is 0.893 bits per heavy atom. The molecule has 136 valence electrons. The first-order valence-electron chi connectivity index (χ1n) is 8.59. The van der Waals surface area contributed by atoms with Gasteiger partial charge in [0.25, 0.3) is 0 Å². The van der Waals surface area contributed by atoms with Crippen LogP contribution in [-0.4, -0.2) is 5.97 Å². The third kappa shape index (κ3) is 4.17. The molecule has 0 fully saturated rings. The zero-order valence-electron chi connectivity index (χ0n) is 15.1. The molecule has 0 heterocycles. The molecule has 0 amide bonds. The van der Waals surface area contributed by atoms with E-state index in [0.717, 1.165) is 5.56 Å². The fraction of sp³-hybridized carbons (Fsp3) is 0.0870. The summed E-state index contributed by atoms with van der Waals surface area (Å²) in [6.45, 7) is 1.82. The lowest BCUT2D eigenvalue weighted by Gasteiger charge is -2.14. The van der Waals surface area contributed by atoms with Crippen molar-refractivity contribution in [1.29, 1.82) is 10.5 Å². The van der Waals surface area contributed by atoms with Gasteiger partial charge in [0.1, 0.15) is 35.3 Å².